The highest BCUT2D eigenvalue weighted by molar-refractivity contribution is 5.99. The van der Waals surface area contributed by atoms with E-state index in [0.717, 1.165) is 37.4 Å². The number of pyridine rings is 1. The third-order valence-corrected chi connectivity index (χ3v) is 7.12. The molecule has 3 rings (SSSR count). The van der Waals surface area contributed by atoms with Gasteiger partial charge in [-0.2, -0.15) is 26.3 Å². The Balaban J connectivity index is 2.01. The van der Waals surface area contributed by atoms with Crippen molar-refractivity contribution in [3.8, 4) is 17.2 Å². The van der Waals surface area contributed by atoms with Crippen LogP contribution in [0.15, 0.2) is 48.7 Å². The van der Waals surface area contributed by atoms with Crippen LogP contribution in [0, 0.1) is 5.92 Å². The summed E-state index contributed by atoms with van der Waals surface area (Å²) >= 11 is 0. The number of ketones is 1. The van der Waals surface area contributed by atoms with Gasteiger partial charge in [-0.25, -0.2) is 4.98 Å². The smallest absolute Gasteiger partial charge is 0.416 e. The number of halogens is 6. The average molecular weight is 628 g/mol. The zero-order valence-corrected chi connectivity index (χ0v) is 24.5. The summed E-state index contributed by atoms with van der Waals surface area (Å²) < 4.78 is 96.8. The number of esters is 1. The first kappa shape index (κ1) is 34.2. The lowest BCUT2D eigenvalue weighted by molar-refractivity contribution is -0.153. The van der Waals surface area contributed by atoms with Crippen molar-refractivity contribution in [2.75, 3.05) is 14.2 Å². The molecule has 3 atom stereocenters. The number of alkyl halides is 6. The van der Waals surface area contributed by atoms with Crippen LogP contribution in [0.3, 0.4) is 0 Å². The average Bonchev–Trinajstić information content (AvgIpc) is 2.96. The van der Waals surface area contributed by atoms with E-state index >= 15 is 0 Å². The number of carbonyl (C=O) groups is 2. The van der Waals surface area contributed by atoms with Gasteiger partial charge in [0.15, 0.2) is 23.0 Å². The van der Waals surface area contributed by atoms with Crippen LogP contribution in [-0.2, 0) is 28.3 Å². The highest BCUT2D eigenvalue weighted by Gasteiger charge is 2.36. The predicted octanol–water partition coefficient (Wildman–Crippen LogP) is 7.38. The number of methoxy groups -OCH3 is 2. The zero-order valence-electron chi connectivity index (χ0n) is 24.5. The van der Waals surface area contributed by atoms with Gasteiger partial charge in [-0.15, -0.1) is 0 Å². The minimum Gasteiger partial charge on any atom is -0.503 e. The third-order valence-electron chi connectivity index (χ3n) is 7.12. The molecule has 0 amide bonds. The normalized spacial score (nSPS) is 14.0. The van der Waals surface area contributed by atoms with Crippen LogP contribution in [0.25, 0.3) is 0 Å². The topological polar surface area (TPSA) is 95.0 Å². The molecule has 1 N–H and O–H groups in total. The fourth-order valence-electron chi connectivity index (χ4n) is 4.84. The van der Waals surface area contributed by atoms with Crippen LogP contribution < -0.4 is 9.47 Å². The van der Waals surface area contributed by atoms with Crippen LogP contribution in [-0.4, -0.2) is 42.2 Å². The Bertz CT molecular complexity index is 1440. The van der Waals surface area contributed by atoms with Gasteiger partial charge in [0.2, 0.25) is 0 Å². The summed E-state index contributed by atoms with van der Waals surface area (Å²) in [6, 6.07) is 7.05. The molecule has 2 aromatic carbocycles. The maximum absolute atomic E-state index is 13.5. The molecule has 7 nitrogen and oxygen atoms in total. The lowest BCUT2D eigenvalue weighted by atomic mass is 9.82. The molecule has 13 heteroatoms. The fraction of sp³-hybridized carbons (Fsp3) is 0.387. The highest BCUT2D eigenvalue weighted by atomic mass is 19.4. The van der Waals surface area contributed by atoms with Crippen LogP contribution in [0.5, 0.6) is 17.2 Å². The minimum atomic E-state index is -4.70. The molecule has 0 spiro atoms. The summed E-state index contributed by atoms with van der Waals surface area (Å²) in [5.74, 6) is -4.38. The number of ether oxygens (including phenoxy) is 3. The summed E-state index contributed by atoms with van der Waals surface area (Å²) in [5.41, 5.74) is -1.58. The zero-order chi connectivity index (χ0) is 33.0. The van der Waals surface area contributed by atoms with Crippen molar-refractivity contribution in [2.24, 2.45) is 5.92 Å². The molecule has 0 aliphatic rings. The van der Waals surface area contributed by atoms with Crippen molar-refractivity contribution in [3.63, 3.8) is 0 Å². The summed E-state index contributed by atoms with van der Waals surface area (Å²) in [4.78, 5) is 29.8. The molecule has 3 aromatic rings. The quantitative estimate of drug-likeness (QED) is 0.135. The standard InChI is InChI=1S/C31H31F6NO6/c1-6-18-14-19(30(32,33)34)7-9-21(18)26(22-10-8-20(31(35,36)37)15-25(22)43-5)17(3)44-29(41)16(2)13-23(39)27-28(40)24(42-4)11-12-38-27/h7-12,14-17,26,40H,6,13H2,1-5H3/t16-,17+,26?/m1/s1. The van der Waals surface area contributed by atoms with E-state index in [4.69, 9.17) is 14.2 Å². The second kappa shape index (κ2) is 13.6. The molecule has 0 radical (unpaired) electrons. The predicted molar refractivity (Wildman–Crippen MR) is 147 cm³/mol. The number of hydrogen-bond acceptors (Lipinski definition) is 7. The summed E-state index contributed by atoms with van der Waals surface area (Å²) in [5, 5.41) is 10.2. The van der Waals surface area contributed by atoms with Gasteiger partial charge in [-0.05, 0) is 48.7 Å². The lowest BCUT2D eigenvalue weighted by Crippen LogP contribution is -2.29. The molecule has 0 aliphatic carbocycles. The Kier molecular flexibility index (Phi) is 10.5. The van der Waals surface area contributed by atoms with Crippen LogP contribution >= 0.6 is 0 Å². The molecule has 1 heterocycles. The number of aryl methyl sites for hydroxylation is 1. The molecule has 0 saturated heterocycles. The van der Waals surface area contributed by atoms with Crippen LogP contribution in [0.4, 0.5) is 26.3 Å². The maximum Gasteiger partial charge on any atom is 0.416 e. The van der Waals surface area contributed by atoms with Crippen molar-refractivity contribution in [3.05, 3.63) is 82.2 Å². The van der Waals surface area contributed by atoms with E-state index in [1.165, 1.54) is 39.3 Å². The van der Waals surface area contributed by atoms with Crippen LogP contribution in [0.1, 0.15) is 71.4 Å². The number of carbonyl (C=O) groups excluding carboxylic acids is 2. The second-order valence-electron chi connectivity index (χ2n) is 10.1. The van der Waals surface area contributed by atoms with E-state index in [-0.39, 0.29) is 40.3 Å². The van der Waals surface area contributed by atoms with E-state index in [1.54, 1.807) is 6.92 Å². The number of aromatic nitrogens is 1. The first-order chi connectivity index (χ1) is 20.5. The van der Waals surface area contributed by atoms with Crippen molar-refractivity contribution < 1.29 is 55.2 Å². The SMILES string of the molecule is CCc1cc(C(F)(F)F)ccc1C(c1ccc(C(F)(F)F)cc1OC)[C@H](C)OC(=O)[C@H](C)CC(=O)c1nccc(OC)c1O. The number of rotatable bonds is 11. The molecule has 0 aliphatic heterocycles. The number of nitrogens with zero attached hydrogens (tertiary/aromatic N) is 1. The van der Waals surface area contributed by atoms with Crippen molar-refractivity contribution in [2.45, 2.75) is 58.0 Å². The van der Waals surface area contributed by atoms with Gasteiger partial charge < -0.3 is 19.3 Å². The Morgan fingerprint density at radius 1 is 0.864 bits per heavy atom. The van der Waals surface area contributed by atoms with E-state index in [2.05, 4.69) is 4.98 Å². The molecule has 238 valence electrons. The molecular formula is C31H31F6NO6. The summed E-state index contributed by atoms with van der Waals surface area (Å²) in [7, 11) is 2.43. The van der Waals surface area contributed by atoms with Crippen LogP contribution in [0.2, 0.25) is 0 Å². The van der Waals surface area contributed by atoms with Crippen molar-refractivity contribution in [1.82, 2.24) is 4.98 Å². The lowest BCUT2D eigenvalue weighted by Gasteiger charge is -2.29. The Morgan fingerprint density at radius 3 is 1.98 bits per heavy atom. The molecule has 1 unspecified atom stereocenters. The molecule has 1 aromatic heterocycles. The highest BCUT2D eigenvalue weighted by Crippen LogP contribution is 2.42. The molecule has 0 bridgehead atoms. The van der Waals surface area contributed by atoms with Gasteiger partial charge in [-0.3, -0.25) is 9.59 Å². The number of Topliss-reactive ketones (excluding diaryl/α,β-unsaturated/α-hetero) is 1. The fourth-order valence-corrected chi connectivity index (χ4v) is 4.84. The van der Waals surface area contributed by atoms with Crippen molar-refractivity contribution in [1.29, 1.82) is 0 Å². The van der Waals surface area contributed by atoms with Gasteiger partial charge in [0.25, 0.3) is 0 Å². The first-order valence-corrected chi connectivity index (χ1v) is 13.4. The third kappa shape index (κ3) is 7.61. The second-order valence-corrected chi connectivity index (χ2v) is 10.1. The number of aromatic hydroxyl groups is 1. The Morgan fingerprint density at radius 2 is 1.43 bits per heavy atom. The molecule has 0 saturated carbocycles. The van der Waals surface area contributed by atoms with E-state index in [1.807, 2.05) is 0 Å². The minimum absolute atomic E-state index is 0.00352. The van der Waals surface area contributed by atoms with Gasteiger partial charge in [0.05, 0.1) is 31.3 Å². The molecular weight excluding hydrogens is 596 g/mol. The molecule has 44 heavy (non-hydrogen) atoms. The summed E-state index contributed by atoms with van der Waals surface area (Å²) in [6.07, 6.45) is -9.54. The summed E-state index contributed by atoms with van der Waals surface area (Å²) in [6.45, 7) is 4.46. The van der Waals surface area contributed by atoms with E-state index < -0.39 is 65.3 Å². The van der Waals surface area contributed by atoms with Gasteiger partial charge in [-0.1, -0.05) is 26.0 Å². The van der Waals surface area contributed by atoms with E-state index in [0.29, 0.717) is 0 Å². The van der Waals surface area contributed by atoms with Gasteiger partial charge in [0.1, 0.15) is 11.9 Å². The van der Waals surface area contributed by atoms with E-state index in [9.17, 15) is 41.0 Å². The first-order valence-electron chi connectivity index (χ1n) is 13.4. The van der Waals surface area contributed by atoms with Gasteiger partial charge in [0, 0.05) is 30.2 Å². The van der Waals surface area contributed by atoms with Crippen molar-refractivity contribution >= 4 is 11.8 Å². The largest absolute Gasteiger partial charge is 0.503 e. The Hall–Kier alpha value is -4.29. The maximum atomic E-state index is 13.5. The molecule has 0 fully saturated rings. The number of benzene rings is 2. The monoisotopic (exact) mass is 627 g/mol. The van der Waals surface area contributed by atoms with Gasteiger partial charge >= 0.3 is 18.3 Å². The number of hydrogen-bond donors (Lipinski definition) is 1. The Labute approximate surface area is 249 Å².